The van der Waals surface area contributed by atoms with Crippen LogP contribution in [0.4, 0.5) is 0 Å². The van der Waals surface area contributed by atoms with Crippen molar-refractivity contribution in [2.45, 2.75) is 13.3 Å². The molecule has 1 fully saturated rings. The summed E-state index contributed by atoms with van der Waals surface area (Å²) in [6, 6.07) is 7.47. The second-order valence-corrected chi connectivity index (χ2v) is 6.62. The highest BCUT2D eigenvalue weighted by molar-refractivity contribution is 6.32. The summed E-state index contributed by atoms with van der Waals surface area (Å²) in [5.41, 5.74) is 2.15. The summed E-state index contributed by atoms with van der Waals surface area (Å²) < 4.78 is 1.71. The van der Waals surface area contributed by atoms with Gasteiger partial charge in [-0.25, -0.2) is 4.68 Å². The van der Waals surface area contributed by atoms with Crippen LogP contribution in [0.15, 0.2) is 30.5 Å². The average molecular weight is 362 g/mol. The molecule has 2 N–H and O–H groups in total. The minimum absolute atomic E-state index is 0.0869. The van der Waals surface area contributed by atoms with E-state index in [4.69, 9.17) is 11.6 Å². The zero-order valence-corrected chi connectivity index (χ0v) is 15.2. The monoisotopic (exact) mass is 361 g/mol. The fourth-order valence-corrected chi connectivity index (χ4v) is 3.25. The number of nitrogens with zero attached hydrogens (tertiary/aromatic N) is 3. The fourth-order valence-electron chi connectivity index (χ4n) is 3.03. The maximum atomic E-state index is 12.4. The molecule has 6 nitrogen and oxygen atoms in total. The quantitative estimate of drug-likeness (QED) is 0.771. The molecular weight excluding hydrogens is 338 g/mol. The second-order valence-electron chi connectivity index (χ2n) is 6.21. The van der Waals surface area contributed by atoms with E-state index < -0.39 is 0 Å². The molecule has 2 aromatic rings. The van der Waals surface area contributed by atoms with E-state index >= 15 is 0 Å². The lowest BCUT2D eigenvalue weighted by molar-refractivity contribution is 0.0950. The van der Waals surface area contributed by atoms with Gasteiger partial charge in [-0.1, -0.05) is 23.7 Å². The second kappa shape index (κ2) is 8.47. The highest BCUT2D eigenvalue weighted by atomic mass is 35.5. The molecule has 0 saturated carbocycles. The first-order chi connectivity index (χ1) is 12.2. The maximum Gasteiger partial charge on any atom is 0.254 e. The molecule has 0 radical (unpaired) electrons. The average Bonchev–Trinajstić information content (AvgIpc) is 3.01. The van der Waals surface area contributed by atoms with Crippen LogP contribution in [0.3, 0.4) is 0 Å². The predicted molar refractivity (Wildman–Crippen MR) is 99.6 cm³/mol. The largest absolute Gasteiger partial charge is 0.352 e. The Morgan fingerprint density at radius 1 is 1.32 bits per heavy atom. The van der Waals surface area contributed by atoms with E-state index in [9.17, 15) is 4.79 Å². The summed E-state index contributed by atoms with van der Waals surface area (Å²) in [7, 11) is 0. The SMILES string of the molecule is Cc1c(C(=O)NCCCN2CCNCC2)cnn1-c1ccccc1Cl. The Kier molecular flexibility index (Phi) is 6.07. The van der Waals surface area contributed by atoms with Crippen molar-refractivity contribution < 1.29 is 4.79 Å². The van der Waals surface area contributed by atoms with Crippen LogP contribution in [0, 0.1) is 6.92 Å². The van der Waals surface area contributed by atoms with Crippen LogP contribution in [0.25, 0.3) is 5.69 Å². The number of carbonyl (C=O) groups is 1. The lowest BCUT2D eigenvalue weighted by Gasteiger charge is -2.27. The number of rotatable bonds is 6. The molecule has 7 heteroatoms. The van der Waals surface area contributed by atoms with E-state index in [-0.39, 0.29) is 5.91 Å². The first-order valence-corrected chi connectivity index (χ1v) is 9.05. The summed E-state index contributed by atoms with van der Waals surface area (Å²) in [6.45, 7) is 7.82. The zero-order valence-electron chi connectivity index (χ0n) is 14.5. The molecule has 1 aliphatic heterocycles. The first-order valence-electron chi connectivity index (χ1n) is 8.67. The maximum absolute atomic E-state index is 12.4. The van der Waals surface area contributed by atoms with Crippen molar-refractivity contribution in [3.05, 3.63) is 46.7 Å². The third-order valence-electron chi connectivity index (χ3n) is 4.48. The summed E-state index contributed by atoms with van der Waals surface area (Å²) in [6.07, 6.45) is 2.55. The van der Waals surface area contributed by atoms with Gasteiger partial charge in [0, 0.05) is 32.7 Å². The molecule has 1 aromatic heterocycles. The van der Waals surface area contributed by atoms with E-state index in [0.29, 0.717) is 17.1 Å². The van der Waals surface area contributed by atoms with Crippen LogP contribution in [0.2, 0.25) is 5.02 Å². The van der Waals surface area contributed by atoms with E-state index in [1.165, 1.54) is 0 Å². The molecule has 0 spiro atoms. The van der Waals surface area contributed by atoms with Gasteiger partial charge in [0.1, 0.15) is 0 Å². The molecule has 0 unspecified atom stereocenters. The van der Waals surface area contributed by atoms with Gasteiger partial charge in [0.05, 0.1) is 28.2 Å². The molecule has 3 rings (SSSR count). The van der Waals surface area contributed by atoms with Crippen LogP contribution in [0.5, 0.6) is 0 Å². The predicted octanol–water partition coefficient (Wildman–Crippen LogP) is 1.86. The first kappa shape index (κ1) is 17.9. The third kappa shape index (κ3) is 4.39. The van der Waals surface area contributed by atoms with Gasteiger partial charge >= 0.3 is 0 Å². The number of para-hydroxylation sites is 1. The van der Waals surface area contributed by atoms with Gasteiger partial charge in [0.2, 0.25) is 0 Å². The minimum Gasteiger partial charge on any atom is -0.352 e. The Morgan fingerprint density at radius 3 is 2.84 bits per heavy atom. The molecule has 1 aromatic carbocycles. The van der Waals surface area contributed by atoms with Crippen LogP contribution < -0.4 is 10.6 Å². The van der Waals surface area contributed by atoms with Crippen LogP contribution in [-0.4, -0.2) is 59.9 Å². The Morgan fingerprint density at radius 2 is 2.08 bits per heavy atom. The van der Waals surface area contributed by atoms with Crippen molar-refractivity contribution in [3.8, 4) is 5.69 Å². The van der Waals surface area contributed by atoms with Gasteiger partial charge in [0.25, 0.3) is 5.91 Å². The number of hydrogen-bond acceptors (Lipinski definition) is 4. The molecule has 1 aliphatic rings. The van der Waals surface area contributed by atoms with Gasteiger partial charge in [0.15, 0.2) is 0 Å². The number of carbonyl (C=O) groups excluding carboxylic acids is 1. The van der Waals surface area contributed by atoms with Crippen LogP contribution in [0.1, 0.15) is 22.5 Å². The number of aromatic nitrogens is 2. The number of halogens is 1. The van der Waals surface area contributed by atoms with Gasteiger partial charge in [-0.05, 0) is 32.0 Å². The van der Waals surface area contributed by atoms with Gasteiger partial charge in [-0.3, -0.25) is 4.79 Å². The van der Waals surface area contributed by atoms with Gasteiger partial charge < -0.3 is 15.5 Å². The standard InChI is InChI=1S/C18H24ClN5O/c1-14-15(13-22-24(14)17-6-3-2-5-16(17)19)18(25)21-7-4-10-23-11-8-20-9-12-23/h2-3,5-6,13,20H,4,7-12H2,1H3,(H,21,25). The highest BCUT2D eigenvalue weighted by Gasteiger charge is 2.16. The number of piperazine rings is 1. The summed E-state index contributed by atoms with van der Waals surface area (Å²) in [5.74, 6) is -0.0869. The number of amides is 1. The lowest BCUT2D eigenvalue weighted by Crippen LogP contribution is -2.44. The molecule has 0 aliphatic carbocycles. The smallest absolute Gasteiger partial charge is 0.254 e. The Hall–Kier alpha value is -1.89. The van der Waals surface area contributed by atoms with E-state index in [0.717, 1.165) is 50.5 Å². The van der Waals surface area contributed by atoms with Crippen molar-refractivity contribution in [1.29, 1.82) is 0 Å². The topological polar surface area (TPSA) is 62.2 Å². The van der Waals surface area contributed by atoms with Crippen molar-refractivity contribution in [3.63, 3.8) is 0 Å². The van der Waals surface area contributed by atoms with Crippen molar-refractivity contribution in [2.75, 3.05) is 39.3 Å². The van der Waals surface area contributed by atoms with Crippen molar-refractivity contribution in [2.24, 2.45) is 0 Å². The number of hydrogen-bond donors (Lipinski definition) is 2. The normalized spacial score (nSPS) is 15.3. The molecule has 134 valence electrons. The fraction of sp³-hybridized carbons (Fsp3) is 0.444. The highest BCUT2D eigenvalue weighted by Crippen LogP contribution is 2.21. The van der Waals surface area contributed by atoms with Crippen LogP contribution >= 0.6 is 11.6 Å². The number of benzene rings is 1. The summed E-state index contributed by atoms with van der Waals surface area (Å²) in [5, 5.41) is 11.3. The van der Waals surface area contributed by atoms with E-state index in [1.54, 1.807) is 10.9 Å². The third-order valence-corrected chi connectivity index (χ3v) is 4.80. The van der Waals surface area contributed by atoms with E-state index in [2.05, 4.69) is 20.6 Å². The van der Waals surface area contributed by atoms with Crippen molar-refractivity contribution >= 4 is 17.5 Å². The Balaban J connectivity index is 1.55. The summed E-state index contributed by atoms with van der Waals surface area (Å²) >= 11 is 6.23. The van der Waals surface area contributed by atoms with Crippen LogP contribution in [-0.2, 0) is 0 Å². The van der Waals surface area contributed by atoms with Gasteiger partial charge in [-0.2, -0.15) is 5.10 Å². The molecular formula is C18H24ClN5O. The van der Waals surface area contributed by atoms with Crippen molar-refractivity contribution in [1.82, 2.24) is 25.3 Å². The lowest BCUT2D eigenvalue weighted by atomic mass is 10.2. The van der Waals surface area contributed by atoms with E-state index in [1.807, 2.05) is 31.2 Å². The van der Waals surface area contributed by atoms with Gasteiger partial charge in [-0.15, -0.1) is 0 Å². The molecule has 0 bridgehead atoms. The molecule has 1 amide bonds. The molecule has 2 heterocycles. The number of nitrogens with one attached hydrogen (secondary N) is 2. The molecule has 1 saturated heterocycles. The minimum atomic E-state index is -0.0869. The Bertz CT molecular complexity index is 724. The zero-order chi connectivity index (χ0) is 17.6. The molecule has 25 heavy (non-hydrogen) atoms. The molecule has 0 atom stereocenters. The summed E-state index contributed by atoms with van der Waals surface area (Å²) in [4.78, 5) is 14.8. The Labute approximate surface area is 153 Å².